The maximum atomic E-state index is 14.2. The van der Waals surface area contributed by atoms with E-state index in [1.807, 2.05) is 34.0 Å². The predicted octanol–water partition coefficient (Wildman–Crippen LogP) is 6.89. The van der Waals surface area contributed by atoms with Gasteiger partial charge in [-0.25, -0.2) is 8.42 Å². The molecule has 0 aliphatic heterocycles. The Bertz CT molecular complexity index is 1520. The zero-order valence-electron chi connectivity index (χ0n) is 25.5. The summed E-state index contributed by atoms with van der Waals surface area (Å²) in [5.41, 5.74) is 0.925. The third-order valence-corrected chi connectivity index (χ3v) is 10.0. The molecule has 0 aliphatic rings. The molecule has 3 aromatic rings. The normalized spacial score (nSPS) is 12.1. The van der Waals surface area contributed by atoms with Gasteiger partial charge in [0.05, 0.1) is 27.2 Å². The molecule has 0 saturated heterocycles. The second kappa shape index (κ2) is 16.4. The highest BCUT2D eigenvalue weighted by atomic mass is 35.5. The van der Waals surface area contributed by atoms with E-state index in [9.17, 15) is 18.0 Å². The summed E-state index contributed by atoms with van der Waals surface area (Å²) < 4.78 is 34.8. The number of hydrogen-bond donors (Lipinski definition) is 1. The van der Waals surface area contributed by atoms with E-state index in [0.717, 1.165) is 9.20 Å². The molecule has 238 valence electrons. The molecule has 0 saturated carbocycles. The highest BCUT2D eigenvalue weighted by molar-refractivity contribution is 7.98. The molecular formula is C32H39Cl2N3O5S2. The zero-order valence-corrected chi connectivity index (χ0v) is 28.7. The molecular weight excluding hydrogens is 641 g/mol. The number of rotatable bonds is 15. The van der Waals surface area contributed by atoms with E-state index in [1.54, 1.807) is 54.6 Å². The minimum absolute atomic E-state index is 0.0168. The van der Waals surface area contributed by atoms with Crippen LogP contribution in [0.5, 0.6) is 5.75 Å². The summed E-state index contributed by atoms with van der Waals surface area (Å²) in [7, 11) is -4.20. The number of ether oxygens (including phenoxy) is 1. The van der Waals surface area contributed by atoms with E-state index in [2.05, 4.69) is 5.32 Å². The highest BCUT2D eigenvalue weighted by Gasteiger charge is 2.34. The predicted molar refractivity (Wildman–Crippen MR) is 179 cm³/mol. The molecule has 1 atom stereocenters. The van der Waals surface area contributed by atoms with Crippen LogP contribution in [-0.2, 0) is 26.2 Å². The molecule has 3 rings (SSSR count). The van der Waals surface area contributed by atoms with Crippen LogP contribution in [0.15, 0.2) is 76.5 Å². The largest absolute Gasteiger partial charge is 0.494 e. The van der Waals surface area contributed by atoms with Crippen LogP contribution in [0.25, 0.3) is 0 Å². The lowest BCUT2D eigenvalue weighted by atomic mass is 10.1. The summed E-state index contributed by atoms with van der Waals surface area (Å²) in [5.74, 6) is -0.106. The molecule has 44 heavy (non-hydrogen) atoms. The zero-order chi connectivity index (χ0) is 32.4. The molecule has 0 bridgehead atoms. The van der Waals surface area contributed by atoms with E-state index in [-0.39, 0.29) is 29.0 Å². The Morgan fingerprint density at radius 2 is 1.61 bits per heavy atom. The third kappa shape index (κ3) is 9.30. The minimum Gasteiger partial charge on any atom is -0.494 e. The Balaban J connectivity index is 2.07. The number of nitrogens with one attached hydrogen (secondary N) is 1. The van der Waals surface area contributed by atoms with Crippen LogP contribution < -0.4 is 14.4 Å². The fourth-order valence-electron chi connectivity index (χ4n) is 4.46. The summed E-state index contributed by atoms with van der Waals surface area (Å²) >= 11 is 13.9. The summed E-state index contributed by atoms with van der Waals surface area (Å²) in [6.07, 6.45) is 2.21. The number of carbonyl (C=O) groups is 2. The van der Waals surface area contributed by atoms with Gasteiger partial charge < -0.3 is 15.0 Å². The molecule has 0 aliphatic carbocycles. The van der Waals surface area contributed by atoms with Gasteiger partial charge in [0, 0.05) is 18.0 Å². The smallest absolute Gasteiger partial charge is 0.264 e. The Morgan fingerprint density at radius 3 is 2.16 bits per heavy atom. The maximum Gasteiger partial charge on any atom is 0.264 e. The van der Waals surface area contributed by atoms with Crippen molar-refractivity contribution >= 4 is 62.5 Å². The monoisotopic (exact) mass is 679 g/mol. The lowest BCUT2D eigenvalue weighted by Gasteiger charge is -2.33. The first kappa shape index (κ1) is 35.6. The molecule has 8 nitrogen and oxygen atoms in total. The molecule has 0 radical (unpaired) electrons. The number of benzene rings is 3. The molecule has 0 fully saturated rings. The lowest BCUT2D eigenvalue weighted by molar-refractivity contribution is -0.140. The van der Waals surface area contributed by atoms with Gasteiger partial charge >= 0.3 is 0 Å². The Morgan fingerprint density at radius 1 is 0.955 bits per heavy atom. The van der Waals surface area contributed by atoms with Gasteiger partial charge in [0.1, 0.15) is 18.3 Å². The molecule has 3 aromatic carbocycles. The first-order chi connectivity index (χ1) is 20.9. The number of sulfonamides is 1. The van der Waals surface area contributed by atoms with Crippen LogP contribution in [0.2, 0.25) is 10.0 Å². The van der Waals surface area contributed by atoms with E-state index in [1.165, 1.54) is 28.8 Å². The van der Waals surface area contributed by atoms with E-state index >= 15 is 0 Å². The van der Waals surface area contributed by atoms with Gasteiger partial charge in [0.25, 0.3) is 10.0 Å². The fourth-order valence-corrected chi connectivity index (χ4v) is 6.60. The first-order valence-electron chi connectivity index (χ1n) is 14.3. The van der Waals surface area contributed by atoms with Crippen molar-refractivity contribution in [3.05, 3.63) is 82.3 Å². The van der Waals surface area contributed by atoms with Crippen molar-refractivity contribution < 1.29 is 22.7 Å². The van der Waals surface area contributed by atoms with Crippen LogP contribution in [0.3, 0.4) is 0 Å². The molecule has 1 N–H and O–H groups in total. The fraction of sp³-hybridized carbons (Fsp3) is 0.375. The first-order valence-corrected chi connectivity index (χ1v) is 17.7. The average molecular weight is 681 g/mol. The van der Waals surface area contributed by atoms with Crippen LogP contribution in [0.4, 0.5) is 5.69 Å². The molecule has 0 spiro atoms. The van der Waals surface area contributed by atoms with Crippen LogP contribution >= 0.6 is 35.0 Å². The summed E-state index contributed by atoms with van der Waals surface area (Å²) in [5, 5.41) is 3.58. The van der Waals surface area contributed by atoms with Crippen LogP contribution in [-0.4, -0.2) is 57.1 Å². The minimum atomic E-state index is -4.20. The van der Waals surface area contributed by atoms with E-state index < -0.39 is 28.5 Å². The SMILES string of the molecule is CCOc1ccc(N(CC(=O)N(Cc2ccc(Cl)c(Cl)c2)[C@H](CC)C(=O)NCC(C)C)S(=O)(=O)c2ccc(SC)cc2)cc1. The Labute approximate surface area is 275 Å². The number of amides is 2. The second-order valence-electron chi connectivity index (χ2n) is 10.4. The number of nitrogens with zero attached hydrogens (tertiary/aromatic N) is 2. The van der Waals surface area contributed by atoms with Crippen molar-refractivity contribution in [2.75, 3.05) is 30.3 Å². The number of thioether (sulfide) groups is 1. The number of anilines is 1. The van der Waals surface area contributed by atoms with Gasteiger partial charge in [0.15, 0.2) is 0 Å². The quantitative estimate of drug-likeness (QED) is 0.176. The van der Waals surface area contributed by atoms with Crippen LogP contribution in [0.1, 0.15) is 39.7 Å². The van der Waals surface area contributed by atoms with Crippen molar-refractivity contribution in [2.24, 2.45) is 5.92 Å². The van der Waals surface area contributed by atoms with Crippen LogP contribution in [0, 0.1) is 5.92 Å². The van der Waals surface area contributed by atoms with Gasteiger partial charge in [-0.2, -0.15) is 0 Å². The van der Waals surface area contributed by atoms with Crippen molar-refractivity contribution in [1.82, 2.24) is 10.2 Å². The van der Waals surface area contributed by atoms with Gasteiger partial charge in [-0.05, 0) is 91.7 Å². The Kier molecular flexibility index (Phi) is 13.3. The highest BCUT2D eigenvalue weighted by Crippen LogP contribution is 2.29. The van der Waals surface area contributed by atoms with Gasteiger partial charge in [-0.1, -0.05) is 50.0 Å². The summed E-state index contributed by atoms with van der Waals surface area (Å²) in [6, 6.07) is 17.1. The van der Waals surface area contributed by atoms with Crippen molar-refractivity contribution in [3.8, 4) is 5.75 Å². The average Bonchev–Trinajstić information content (AvgIpc) is 3.01. The Hall–Kier alpha value is -2.92. The van der Waals surface area contributed by atoms with E-state index in [0.29, 0.717) is 40.9 Å². The summed E-state index contributed by atoms with van der Waals surface area (Å²) in [4.78, 5) is 29.9. The number of carbonyl (C=O) groups excluding carboxylic acids is 2. The van der Waals surface area contributed by atoms with Crippen molar-refractivity contribution in [3.63, 3.8) is 0 Å². The standard InChI is InChI=1S/C32H39Cl2N3O5S2/c1-6-30(32(39)35-19-22(3)4)36(20-23-8-17-28(33)29(34)18-23)31(38)21-37(24-9-11-25(12-10-24)42-7-2)44(40,41)27-15-13-26(43-5)14-16-27/h8-18,22,30H,6-7,19-21H2,1-5H3,(H,35,39)/t30-/m1/s1. The molecule has 0 heterocycles. The molecule has 2 amide bonds. The second-order valence-corrected chi connectivity index (χ2v) is 14.0. The van der Waals surface area contributed by atoms with Gasteiger partial charge in [-0.15, -0.1) is 11.8 Å². The van der Waals surface area contributed by atoms with Crippen molar-refractivity contribution in [2.45, 2.75) is 56.5 Å². The lowest BCUT2D eigenvalue weighted by Crippen LogP contribution is -2.52. The molecule has 0 aromatic heterocycles. The molecule has 12 heteroatoms. The van der Waals surface area contributed by atoms with Gasteiger partial charge in [0.2, 0.25) is 11.8 Å². The third-order valence-electron chi connectivity index (χ3n) is 6.77. The topological polar surface area (TPSA) is 96.0 Å². The summed E-state index contributed by atoms with van der Waals surface area (Å²) in [6.45, 7) is 7.97. The van der Waals surface area contributed by atoms with Crippen molar-refractivity contribution in [1.29, 1.82) is 0 Å². The van der Waals surface area contributed by atoms with Gasteiger partial charge in [-0.3, -0.25) is 13.9 Å². The number of halogens is 2. The van der Waals surface area contributed by atoms with E-state index in [4.69, 9.17) is 27.9 Å². The maximum absolute atomic E-state index is 14.2. The number of hydrogen-bond acceptors (Lipinski definition) is 6. The molecule has 0 unspecified atom stereocenters.